The quantitative estimate of drug-likeness (QED) is 0.462. The highest BCUT2D eigenvalue weighted by atomic mass is 32.2. The Hall–Kier alpha value is -2.78. The van der Waals surface area contributed by atoms with Gasteiger partial charge < -0.3 is 10.1 Å². The van der Waals surface area contributed by atoms with Gasteiger partial charge in [0.2, 0.25) is 5.91 Å². The van der Waals surface area contributed by atoms with E-state index in [1.807, 2.05) is 0 Å². The molecule has 0 aliphatic rings. The Morgan fingerprint density at radius 2 is 1.71 bits per heavy atom. The van der Waals surface area contributed by atoms with Crippen molar-refractivity contribution in [1.29, 1.82) is 0 Å². The predicted octanol–water partition coefficient (Wildman–Crippen LogP) is 3.07. The van der Waals surface area contributed by atoms with Crippen molar-refractivity contribution in [3.8, 4) is 17.1 Å². The number of amides is 1. The van der Waals surface area contributed by atoms with Gasteiger partial charge in [0.25, 0.3) is 0 Å². The van der Waals surface area contributed by atoms with E-state index in [4.69, 9.17) is 4.74 Å². The van der Waals surface area contributed by atoms with E-state index in [0.29, 0.717) is 35.4 Å². The van der Waals surface area contributed by atoms with Gasteiger partial charge >= 0.3 is 0 Å². The van der Waals surface area contributed by atoms with Crippen molar-refractivity contribution < 1.29 is 18.3 Å². The van der Waals surface area contributed by atoms with Crippen molar-refractivity contribution in [3.63, 3.8) is 0 Å². The van der Waals surface area contributed by atoms with Crippen LogP contribution in [-0.4, -0.2) is 46.7 Å². The number of nitrogens with one attached hydrogen (secondary N) is 1. The first kappa shape index (κ1) is 20.0. The van der Waals surface area contributed by atoms with E-state index in [9.17, 15) is 13.6 Å². The first-order chi connectivity index (χ1) is 13.6. The molecule has 0 saturated carbocycles. The highest BCUT2D eigenvalue weighted by Gasteiger charge is 2.17. The zero-order valence-corrected chi connectivity index (χ0v) is 15.9. The number of carbonyl (C=O) groups excluding carboxylic acids is 1. The highest BCUT2D eigenvalue weighted by Crippen LogP contribution is 2.28. The summed E-state index contributed by atoms with van der Waals surface area (Å²) in [5, 5.41) is 11.6. The standard InChI is InChI=1S/C19H18F2N4O2S/c1-27-11-10-22-17(26)12-28-19-24-23-18(13-2-4-14(20)5-3-13)25(19)16-8-6-15(21)7-9-16/h2-9H,10-12H2,1H3,(H,22,26). The van der Waals surface area contributed by atoms with Crippen LogP contribution >= 0.6 is 11.8 Å². The Balaban J connectivity index is 1.88. The molecule has 3 aromatic rings. The maximum atomic E-state index is 13.3. The van der Waals surface area contributed by atoms with Crippen LogP contribution in [0, 0.1) is 11.6 Å². The molecule has 0 bridgehead atoms. The van der Waals surface area contributed by atoms with Gasteiger partial charge in [0, 0.05) is 24.9 Å². The Labute approximate surface area is 164 Å². The second-order valence-corrected chi connectivity index (χ2v) is 6.70. The van der Waals surface area contributed by atoms with E-state index in [1.165, 1.54) is 36.0 Å². The van der Waals surface area contributed by atoms with Gasteiger partial charge in [-0.3, -0.25) is 9.36 Å². The van der Waals surface area contributed by atoms with Gasteiger partial charge in [-0.1, -0.05) is 11.8 Å². The van der Waals surface area contributed by atoms with E-state index < -0.39 is 0 Å². The van der Waals surface area contributed by atoms with Crippen molar-refractivity contribution in [1.82, 2.24) is 20.1 Å². The van der Waals surface area contributed by atoms with Crippen molar-refractivity contribution in [3.05, 3.63) is 60.2 Å². The predicted molar refractivity (Wildman–Crippen MR) is 102 cm³/mol. The molecule has 28 heavy (non-hydrogen) atoms. The fourth-order valence-electron chi connectivity index (χ4n) is 2.45. The first-order valence-electron chi connectivity index (χ1n) is 8.44. The molecule has 1 N–H and O–H groups in total. The lowest BCUT2D eigenvalue weighted by Crippen LogP contribution is -2.28. The number of halogens is 2. The van der Waals surface area contributed by atoms with E-state index in [1.54, 1.807) is 35.9 Å². The Morgan fingerprint density at radius 1 is 1.07 bits per heavy atom. The fraction of sp³-hybridized carbons (Fsp3) is 0.211. The first-order valence-corrected chi connectivity index (χ1v) is 9.43. The second kappa shape index (κ2) is 9.43. The summed E-state index contributed by atoms with van der Waals surface area (Å²) in [4.78, 5) is 12.0. The summed E-state index contributed by atoms with van der Waals surface area (Å²) in [7, 11) is 1.56. The van der Waals surface area contributed by atoms with Crippen LogP contribution in [0.2, 0.25) is 0 Å². The van der Waals surface area contributed by atoms with E-state index in [0.717, 1.165) is 0 Å². The van der Waals surface area contributed by atoms with Gasteiger partial charge in [-0.05, 0) is 48.5 Å². The van der Waals surface area contributed by atoms with E-state index in [2.05, 4.69) is 15.5 Å². The number of carbonyl (C=O) groups is 1. The molecule has 0 atom stereocenters. The summed E-state index contributed by atoms with van der Waals surface area (Å²) in [6, 6.07) is 11.7. The number of hydrogen-bond donors (Lipinski definition) is 1. The van der Waals surface area contributed by atoms with Crippen LogP contribution in [-0.2, 0) is 9.53 Å². The molecule has 0 fully saturated rings. The number of aromatic nitrogens is 3. The highest BCUT2D eigenvalue weighted by molar-refractivity contribution is 7.99. The molecule has 0 aliphatic heterocycles. The lowest BCUT2D eigenvalue weighted by atomic mass is 10.2. The Morgan fingerprint density at radius 3 is 2.36 bits per heavy atom. The number of benzene rings is 2. The van der Waals surface area contributed by atoms with E-state index >= 15 is 0 Å². The molecule has 9 heteroatoms. The minimum atomic E-state index is -0.369. The third-order valence-electron chi connectivity index (χ3n) is 3.78. The molecular weight excluding hydrogens is 386 g/mol. The summed E-state index contributed by atoms with van der Waals surface area (Å²) in [5.74, 6) is -0.300. The molecule has 1 amide bonds. The second-order valence-electron chi connectivity index (χ2n) is 5.76. The molecular formula is C19H18F2N4O2S. The van der Waals surface area contributed by atoms with Crippen molar-refractivity contribution in [2.75, 3.05) is 26.0 Å². The van der Waals surface area contributed by atoms with Crippen LogP contribution in [0.4, 0.5) is 8.78 Å². The largest absolute Gasteiger partial charge is 0.383 e. The summed E-state index contributed by atoms with van der Waals surface area (Å²) in [5.41, 5.74) is 1.28. The summed E-state index contributed by atoms with van der Waals surface area (Å²) >= 11 is 1.20. The van der Waals surface area contributed by atoms with Gasteiger partial charge in [-0.25, -0.2) is 8.78 Å². The summed E-state index contributed by atoms with van der Waals surface area (Å²) in [6.07, 6.45) is 0. The molecule has 0 spiro atoms. The third kappa shape index (κ3) is 4.93. The lowest BCUT2D eigenvalue weighted by Gasteiger charge is -2.10. The van der Waals surface area contributed by atoms with Crippen LogP contribution in [0.3, 0.4) is 0 Å². The van der Waals surface area contributed by atoms with Crippen LogP contribution in [0.25, 0.3) is 17.1 Å². The summed E-state index contributed by atoms with van der Waals surface area (Å²) < 4.78 is 33.2. The van der Waals surface area contributed by atoms with Gasteiger partial charge in [0.15, 0.2) is 11.0 Å². The average Bonchev–Trinajstić information content (AvgIpc) is 3.12. The third-order valence-corrected chi connectivity index (χ3v) is 4.71. The van der Waals surface area contributed by atoms with Crippen LogP contribution in [0.1, 0.15) is 0 Å². The maximum absolute atomic E-state index is 13.3. The molecule has 0 radical (unpaired) electrons. The van der Waals surface area contributed by atoms with Gasteiger partial charge in [-0.2, -0.15) is 0 Å². The number of methoxy groups -OCH3 is 1. The van der Waals surface area contributed by atoms with Crippen molar-refractivity contribution in [2.24, 2.45) is 0 Å². The minimum absolute atomic E-state index is 0.131. The van der Waals surface area contributed by atoms with E-state index in [-0.39, 0.29) is 23.3 Å². The average molecular weight is 404 g/mol. The van der Waals surface area contributed by atoms with Gasteiger partial charge in [0.05, 0.1) is 12.4 Å². The molecule has 0 unspecified atom stereocenters. The van der Waals surface area contributed by atoms with Gasteiger partial charge in [0.1, 0.15) is 11.6 Å². The number of nitrogens with zero attached hydrogens (tertiary/aromatic N) is 3. The molecule has 146 valence electrons. The summed E-state index contributed by atoms with van der Waals surface area (Å²) in [6.45, 7) is 0.845. The van der Waals surface area contributed by atoms with Crippen LogP contribution in [0.15, 0.2) is 53.7 Å². The molecule has 3 rings (SSSR count). The number of ether oxygens (including phenoxy) is 1. The molecule has 1 aromatic heterocycles. The number of hydrogen-bond acceptors (Lipinski definition) is 5. The monoisotopic (exact) mass is 404 g/mol. The maximum Gasteiger partial charge on any atom is 0.230 e. The molecule has 6 nitrogen and oxygen atoms in total. The number of thioether (sulfide) groups is 1. The molecule has 1 heterocycles. The van der Waals surface area contributed by atoms with Crippen molar-refractivity contribution >= 4 is 17.7 Å². The molecule has 2 aromatic carbocycles. The smallest absolute Gasteiger partial charge is 0.230 e. The van der Waals surface area contributed by atoms with Crippen LogP contribution in [0.5, 0.6) is 0 Å². The number of rotatable bonds is 8. The fourth-order valence-corrected chi connectivity index (χ4v) is 3.23. The molecule has 0 saturated heterocycles. The lowest BCUT2D eigenvalue weighted by molar-refractivity contribution is -0.118. The van der Waals surface area contributed by atoms with Gasteiger partial charge in [-0.15, -0.1) is 10.2 Å². The Bertz CT molecular complexity index is 930. The Kier molecular flexibility index (Phi) is 6.72. The zero-order chi connectivity index (χ0) is 19.9. The molecule has 0 aliphatic carbocycles. The SMILES string of the molecule is COCCNC(=O)CSc1nnc(-c2ccc(F)cc2)n1-c1ccc(F)cc1. The topological polar surface area (TPSA) is 69.0 Å². The normalized spacial score (nSPS) is 10.8. The van der Waals surface area contributed by atoms with Crippen molar-refractivity contribution in [2.45, 2.75) is 5.16 Å². The van der Waals surface area contributed by atoms with Crippen LogP contribution < -0.4 is 5.32 Å². The minimum Gasteiger partial charge on any atom is -0.383 e. The zero-order valence-electron chi connectivity index (χ0n) is 15.1.